The average molecular weight is 511 g/mol. The zero-order chi connectivity index (χ0) is 25.8. The molecular weight excluding hydrogens is 481 g/mol. The lowest BCUT2D eigenvalue weighted by Gasteiger charge is -2.32. The van der Waals surface area contributed by atoms with Crippen molar-refractivity contribution in [1.29, 1.82) is 0 Å². The molecule has 0 spiro atoms. The lowest BCUT2D eigenvalue weighted by atomic mass is 9.91. The van der Waals surface area contributed by atoms with Crippen LogP contribution in [0, 0.1) is 0 Å². The molecule has 3 heterocycles. The first-order valence-electron chi connectivity index (χ1n) is 12.6. The van der Waals surface area contributed by atoms with Crippen molar-refractivity contribution in [2.24, 2.45) is 0 Å². The molecule has 1 fully saturated rings. The molecular formula is C27H29F3N6O. The van der Waals surface area contributed by atoms with Crippen LogP contribution in [-0.4, -0.2) is 45.7 Å². The lowest BCUT2D eigenvalue weighted by molar-refractivity contribution is -0.154. The van der Waals surface area contributed by atoms with Crippen molar-refractivity contribution in [1.82, 2.24) is 20.3 Å². The third kappa shape index (κ3) is 6.36. The first-order chi connectivity index (χ1) is 17.8. The maximum Gasteiger partial charge on any atom is 0.397 e. The minimum atomic E-state index is -4.49. The zero-order valence-electron chi connectivity index (χ0n) is 20.3. The molecule has 0 saturated heterocycles. The van der Waals surface area contributed by atoms with E-state index < -0.39 is 18.5 Å². The van der Waals surface area contributed by atoms with E-state index in [4.69, 9.17) is 4.98 Å². The largest absolute Gasteiger partial charge is 0.397 e. The number of fused-ring (bicyclic) bond motifs is 1. The Morgan fingerprint density at radius 1 is 1.03 bits per heavy atom. The number of halogens is 3. The molecule has 0 radical (unpaired) electrons. The molecule has 2 aliphatic rings. The summed E-state index contributed by atoms with van der Waals surface area (Å²) in [6, 6.07) is 14.0. The number of rotatable bonds is 6. The number of carbonyl (C=O) groups excluding carboxylic acids is 1. The van der Waals surface area contributed by atoms with Gasteiger partial charge in [0.1, 0.15) is 12.2 Å². The molecule has 7 nitrogen and oxygen atoms in total. The second-order valence-corrected chi connectivity index (χ2v) is 9.61. The highest BCUT2D eigenvalue weighted by molar-refractivity contribution is 5.77. The SMILES string of the molecule is O=C(CC(F)(F)F)N[C@H]1CC[C@H](Nc2nccc(N3CCCc4cnc(-c5ccccc5)cc43)n2)CC1. The van der Waals surface area contributed by atoms with Crippen molar-refractivity contribution in [3.63, 3.8) is 0 Å². The van der Waals surface area contributed by atoms with Crippen LogP contribution in [0.15, 0.2) is 54.9 Å². The number of nitrogens with one attached hydrogen (secondary N) is 2. The van der Waals surface area contributed by atoms with E-state index in [0.717, 1.165) is 42.1 Å². The van der Waals surface area contributed by atoms with E-state index in [-0.39, 0.29) is 12.1 Å². The Morgan fingerprint density at radius 2 is 1.78 bits per heavy atom. The number of aromatic nitrogens is 3. The Kier molecular flexibility index (Phi) is 7.25. The van der Waals surface area contributed by atoms with Gasteiger partial charge in [-0.2, -0.15) is 18.2 Å². The standard InChI is InChI=1S/C27H29F3N6O/c28-27(29,30)16-25(37)33-20-8-10-21(11-9-20)34-26-31-13-12-24(35-26)36-14-4-7-19-17-32-22(15-23(19)36)18-5-2-1-3-6-18/h1-3,5-6,12-13,15,17,20-21H,4,7-11,14,16H2,(H,33,37)(H,31,34,35)/t20-,21-. The maximum atomic E-state index is 12.4. The van der Waals surface area contributed by atoms with E-state index in [1.807, 2.05) is 42.6 Å². The number of aryl methyl sites for hydroxylation is 1. The molecule has 1 aliphatic heterocycles. The topological polar surface area (TPSA) is 83.0 Å². The molecule has 0 bridgehead atoms. The Morgan fingerprint density at radius 3 is 2.54 bits per heavy atom. The number of amides is 1. The highest BCUT2D eigenvalue weighted by atomic mass is 19.4. The fraction of sp³-hybridized carbons (Fsp3) is 0.407. The molecule has 5 rings (SSSR count). The van der Waals surface area contributed by atoms with Crippen LogP contribution in [0.25, 0.3) is 11.3 Å². The molecule has 1 aromatic carbocycles. The molecule has 10 heteroatoms. The zero-order valence-corrected chi connectivity index (χ0v) is 20.3. The molecule has 194 valence electrons. The summed E-state index contributed by atoms with van der Waals surface area (Å²) < 4.78 is 37.3. The Bertz CT molecular complexity index is 1230. The summed E-state index contributed by atoms with van der Waals surface area (Å²) in [7, 11) is 0. The number of hydrogen-bond acceptors (Lipinski definition) is 6. The number of alkyl halides is 3. The van der Waals surface area contributed by atoms with Gasteiger partial charge in [-0.1, -0.05) is 30.3 Å². The van der Waals surface area contributed by atoms with Crippen LogP contribution in [0.2, 0.25) is 0 Å². The van der Waals surface area contributed by atoms with Gasteiger partial charge in [0.05, 0.1) is 5.69 Å². The van der Waals surface area contributed by atoms with Crippen LogP contribution in [0.5, 0.6) is 0 Å². The molecule has 1 aliphatic carbocycles. The predicted molar refractivity (Wildman–Crippen MR) is 136 cm³/mol. The highest BCUT2D eigenvalue weighted by Crippen LogP contribution is 2.35. The first-order valence-corrected chi connectivity index (χ1v) is 12.6. The highest BCUT2D eigenvalue weighted by Gasteiger charge is 2.32. The summed E-state index contributed by atoms with van der Waals surface area (Å²) in [5.74, 6) is 0.357. The first kappa shape index (κ1) is 25.0. The molecule has 2 N–H and O–H groups in total. The monoisotopic (exact) mass is 510 g/mol. The quantitative estimate of drug-likeness (QED) is 0.461. The molecule has 0 unspecified atom stereocenters. The number of nitrogens with zero attached hydrogens (tertiary/aromatic N) is 4. The fourth-order valence-corrected chi connectivity index (χ4v) is 5.06. The van der Waals surface area contributed by atoms with Gasteiger partial charge in [0.2, 0.25) is 11.9 Å². The summed E-state index contributed by atoms with van der Waals surface area (Å²) >= 11 is 0. The number of benzene rings is 1. The third-order valence-corrected chi connectivity index (χ3v) is 6.85. The second-order valence-electron chi connectivity index (χ2n) is 9.61. The van der Waals surface area contributed by atoms with Crippen LogP contribution in [0.4, 0.5) is 30.6 Å². The normalized spacial score (nSPS) is 19.7. The van der Waals surface area contributed by atoms with Crippen molar-refractivity contribution >= 4 is 23.4 Å². The van der Waals surface area contributed by atoms with Gasteiger partial charge in [-0.25, -0.2) is 4.98 Å². The van der Waals surface area contributed by atoms with Gasteiger partial charge in [0, 0.05) is 42.3 Å². The average Bonchev–Trinajstić information content (AvgIpc) is 2.89. The Hall–Kier alpha value is -3.69. The Balaban J connectivity index is 1.24. The maximum absolute atomic E-state index is 12.4. The number of anilines is 3. The van der Waals surface area contributed by atoms with E-state index >= 15 is 0 Å². The summed E-state index contributed by atoms with van der Waals surface area (Å²) in [5, 5.41) is 5.89. The van der Waals surface area contributed by atoms with E-state index in [9.17, 15) is 18.0 Å². The molecule has 1 amide bonds. The van der Waals surface area contributed by atoms with Gasteiger partial charge >= 0.3 is 6.18 Å². The third-order valence-electron chi connectivity index (χ3n) is 6.85. The minimum Gasteiger partial charge on any atom is -0.353 e. The minimum absolute atomic E-state index is 0.0912. The molecule has 37 heavy (non-hydrogen) atoms. The summed E-state index contributed by atoms with van der Waals surface area (Å²) in [4.78, 5) is 27.7. The second kappa shape index (κ2) is 10.7. The van der Waals surface area contributed by atoms with Crippen LogP contribution >= 0.6 is 0 Å². The van der Waals surface area contributed by atoms with E-state index in [1.54, 1.807) is 6.20 Å². The predicted octanol–water partition coefficient (Wildman–Crippen LogP) is 5.41. The number of hydrogen-bond donors (Lipinski definition) is 2. The number of carbonyl (C=O) groups is 1. The fourth-order valence-electron chi connectivity index (χ4n) is 5.06. The van der Waals surface area contributed by atoms with Crippen LogP contribution in [-0.2, 0) is 11.2 Å². The summed E-state index contributed by atoms with van der Waals surface area (Å²) in [6.07, 6.45) is 2.37. The van der Waals surface area contributed by atoms with E-state index in [2.05, 4.69) is 31.6 Å². The van der Waals surface area contributed by atoms with Crippen LogP contribution in [0.1, 0.15) is 44.1 Å². The van der Waals surface area contributed by atoms with Gasteiger partial charge < -0.3 is 15.5 Å². The van der Waals surface area contributed by atoms with Gasteiger partial charge in [-0.3, -0.25) is 9.78 Å². The smallest absolute Gasteiger partial charge is 0.353 e. The van der Waals surface area contributed by atoms with Gasteiger partial charge in [0.25, 0.3) is 0 Å². The molecule has 3 aromatic rings. The van der Waals surface area contributed by atoms with Gasteiger partial charge in [-0.05, 0) is 56.2 Å². The molecule has 0 atom stereocenters. The van der Waals surface area contributed by atoms with Crippen LogP contribution < -0.4 is 15.5 Å². The number of pyridine rings is 1. The van der Waals surface area contributed by atoms with Crippen molar-refractivity contribution in [2.45, 2.75) is 63.2 Å². The van der Waals surface area contributed by atoms with Crippen molar-refractivity contribution < 1.29 is 18.0 Å². The van der Waals surface area contributed by atoms with E-state index in [1.165, 1.54) is 5.56 Å². The van der Waals surface area contributed by atoms with Crippen molar-refractivity contribution in [3.05, 3.63) is 60.4 Å². The van der Waals surface area contributed by atoms with Crippen molar-refractivity contribution in [2.75, 3.05) is 16.8 Å². The summed E-state index contributed by atoms with van der Waals surface area (Å²) in [6.45, 7) is 0.838. The van der Waals surface area contributed by atoms with Gasteiger partial charge in [0.15, 0.2) is 0 Å². The van der Waals surface area contributed by atoms with E-state index in [0.29, 0.717) is 31.6 Å². The summed E-state index contributed by atoms with van der Waals surface area (Å²) in [5.41, 5.74) is 4.26. The Labute approximate surface area is 213 Å². The molecule has 1 saturated carbocycles. The van der Waals surface area contributed by atoms with Crippen molar-refractivity contribution in [3.8, 4) is 11.3 Å². The van der Waals surface area contributed by atoms with Gasteiger partial charge in [-0.15, -0.1) is 0 Å². The molecule has 2 aromatic heterocycles. The van der Waals surface area contributed by atoms with Crippen LogP contribution in [0.3, 0.4) is 0 Å². The lowest BCUT2D eigenvalue weighted by Crippen LogP contribution is -2.41.